The summed E-state index contributed by atoms with van der Waals surface area (Å²) in [6.45, 7) is 5.58. The first-order chi connectivity index (χ1) is 14.6. The third-order valence-corrected chi connectivity index (χ3v) is 7.77. The summed E-state index contributed by atoms with van der Waals surface area (Å²) in [5, 5.41) is 5.61. The van der Waals surface area contributed by atoms with Crippen molar-refractivity contribution < 1.29 is 9.26 Å². The average Bonchev–Trinajstić information content (AvgIpc) is 3.47. The van der Waals surface area contributed by atoms with Crippen LogP contribution in [-0.4, -0.2) is 32.4 Å². The molecule has 1 saturated heterocycles. The van der Waals surface area contributed by atoms with Crippen molar-refractivity contribution in [2.75, 3.05) is 6.61 Å². The van der Waals surface area contributed by atoms with Crippen LogP contribution in [0.2, 0.25) is 0 Å². The zero-order chi connectivity index (χ0) is 20.7. The first kappa shape index (κ1) is 20.2. The Morgan fingerprint density at radius 1 is 1.27 bits per heavy atom. The van der Waals surface area contributed by atoms with Gasteiger partial charge in [-0.3, -0.25) is 9.36 Å². The van der Waals surface area contributed by atoms with Crippen LogP contribution in [0.25, 0.3) is 10.2 Å². The van der Waals surface area contributed by atoms with Crippen molar-refractivity contribution in [3.05, 3.63) is 32.5 Å². The summed E-state index contributed by atoms with van der Waals surface area (Å²) >= 11 is 3.17. The predicted molar refractivity (Wildman–Crippen MR) is 117 cm³/mol. The Hall–Kier alpha value is -1.71. The van der Waals surface area contributed by atoms with Gasteiger partial charge in [-0.15, -0.1) is 11.3 Å². The molecule has 1 atom stereocenters. The summed E-state index contributed by atoms with van der Waals surface area (Å²) in [5.74, 6) is 2.28. The highest BCUT2D eigenvalue weighted by Crippen LogP contribution is 2.36. The van der Waals surface area contributed by atoms with Crippen LogP contribution in [0.5, 0.6) is 0 Å². The molecule has 3 aromatic heterocycles. The summed E-state index contributed by atoms with van der Waals surface area (Å²) in [4.78, 5) is 25.1. The van der Waals surface area contributed by atoms with Gasteiger partial charge in [-0.2, -0.15) is 4.98 Å². The number of thioether (sulfide) groups is 1. The summed E-state index contributed by atoms with van der Waals surface area (Å²) < 4.78 is 13.0. The highest BCUT2D eigenvalue weighted by atomic mass is 32.2. The molecule has 0 bridgehead atoms. The van der Waals surface area contributed by atoms with E-state index in [0.717, 1.165) is 61.2 Å². The zero-order valence-corrected chi connectivity index (χ0v) is 19.0. The quantitative estimate of drug-likeness (QED) is 0.401. The molecular weight excluding hydrogens is 420 g/mol. The molecule has 0 saturated carbocycles. The molecule has 4 heterocycles. The number of nitrogens with zero attached hydrogens (tertiary/aromatic N) is 4. The molecule has 160 valence electrons. The average molecular weight is 447 g/mol. The number of aromatic nitrogens is 4. The van der Waals surface area contributed by atoms with Gasteiger partial charge in [0.1, 0.15) is 4.83 Å². The second kappa shape index (κ2) is 8.43. The molecule has 0 aromatic carbocycles. The maximum Gasteiger partial charge on any atom is 0.263 e. The van der Waals surface area contributed by atoms with E-state index < -0.39 is 0 Å². The Kier molecular flexibility index (Phi) is 5.68. The molecule has 7 nitrogen and oxygen atoms in total. The van der Waals surface area contributed by atoms with Crippen LogP contribution < -0.4 is 5.56 Å². The zero-order valence-electron chi connectivity index (χ0n) is 17.3. The highest BCUT2D eigenvalue weighted by molar-refractivity contribution is 7.98. The molecular formula is C21H26N4O3S2. The van der Waals surface area contributed by atoms with Gasteiger partial charge >= 0.3 is 0 Å². The summed E-state index contributed by atoms with van der Waals surface area (Å²) in [5.41, 5.74) is 1.30. The Labute approximate surface area is 183 Å². The SMILES string of the molecule is CC(C)Cc1noc(CSc2nc3sc4c(c3c(=O)n2C[C@H]2CCCO2)CCC4)n1. The molecule has 0 amide bonds. The standard InChI is InChI=1S/C21H26N4O3S2/c1-12(2)9-16-22-17(28-24-16)11-29-21-23-19-18(14-6-3-7-15(14)30-19)20(26)25(21)10-13-5-4-8-27-13/h12-13H,3-11H2,1-2H3/t13-/m1/s1. The fourth-order valence-electron chi connectivity index (χ4n) is 4.24. The fraction of sp³-hybridized carbons (Fsp3) is 0.619. The Morgan fingerprint density at radius 3 is 2.97 bits per heavy atom. The van der Waals surface area contributed by atoms with E-state index in [1.807, 2.05) is 4.57 Å². The third kappa shape index (κ3) is 3.94. The van der Waals surface area contributed by atoms with Crippen molar-refractivity contribution >= 4 is 33.3 Å². The Bertz CT molecular complexity index is 1110. The molecule has 3 aromatic rings. The lowest BCUT2D eigenvalue weighted by molar-refractivity contribution is 0.0937. The predicted octanol–water partition coefficient (Wildman–Crippen LogP) is 4.00. The largest absolute Gasteiger partial charge is 0.376 e. The van der Waals surface area contributed by atoms with E-state index in [2.05, 4.69) is 24.0 Å². The summed E-state index contributed by atoms with van der Waals surface area (Å²) in [7, 11) is 0. The minimum atomic E-state index is 0.0726. The molecule has 0 N–H and O–H groups in total. The van der Waals surface area contributed by atoms with Gasteiger partial charge in [-0.25, -0.2) is 4.98 Å². The lowest BCUT2D eigenvalue weighted by Crippen LogP contribution is -2.28. The van der Waals surface area contributed by atoms with E-state index in [1.165, 1.54) is 22.2 Å². The molecule has 5 rings (SSSR count). The lowest BCUT2D eigenvalue weighted by atomic mass is 10.1. The maximum atomic E-state index is 13.5. The van der Waals surface area contributed by atoms with Crippen LogP contribution in [0.15, 0.2) is 14.5 Å². The van der Waals surface area contributed by atoms with Crippen molar-refractivity contribution in [3.63, 3.8) is 0 Å². The van der Waals surface area contributed by atoms with Gasteiger partial charge in [0, 0.05) is 17.9 Å². The molecule has 9 heteroatoms. The molecule has 0 spiro atoms. The monoisotopic (exact) mass is 446 g/mol. The number of hydrogen-bond donors (Lipinski definition) is 0. The molecule has 1 aliphatic carbocycles. The fourth-order valence-corrected chi connectivity index (χ4v) is 6.39. The minimum Gasteiger partial charge on any atom is -0.376 e. The van der Waals surface area contributed by atoms with Crippen molar-refractivity contribution in [2.24, 2.45) is 5.92 Å². The number of rotatable bonds is 7. The second-order valence-electron chi connectivity index (χ2n) is 8.47. The summed E-state index contributed by atoms with van der Waals surface area (Å²) in [6, 6.07) is 0. The highest BCUT2D eigenvalue weighted by Gasteiger charge is 2.25. The lowest BCUT2D eigenvalue weighted by Gasteiger charge is -2.15. The van der Waals surface area contributed by atoms with Crippen molar-refractivity contribution in [3.8, 4) is 0 Å². The van der Waals surface area contributed by atoms with Gasteiger partial charge in [0.2, 0.25) is 5.89 Å². The van der Waals surface area contributed by atoms with Gasteiger partial charge in [-0.05, 0) is 43.6 Å². The number of hydrogen-bond acceptors (Lipinski definition) is 8. The van der Waals surface area contributed by atoms with Crippen LogP contribution in [0.4, 0.5) is 0 Å². The third-order valence-electron chi connectivity index (χ3n) is 5.63. The van der Waals surface area contributed by atoms with Gasteiger partial charge in [0.05, 0.1) is 23.8 Å². The molecule has 0 radical (unpaired) electrons. The van der Waals surface area contributed by atoms with Crippen molar-refractivity contribution in [2.45, 2.75) is 75.9 Å². The van der Waals surface area contributed by atoms with Gasteiger partial charge in [0.25, 0.3) is 5.56 Å². The second-order valence-corrected chi connectivity index (χ2v) is 10.5. The smallest absolute Gasteiger partial charge is 0.263 e. The topological polar surface area (TPSA) is 83.0 Å². The van der Waals surface area contributed by atoms with E-state index in [9.17, 15) is 4.79 Å². The minimum absolute atomic E-state index is 0.0726. The van der Waals surface area contributed by atoms with Crippen LogP contribution in [0, 0.1) is 5.92 Å². The van der Waals surface area contributed by atoms with Gasteiger partial charge in [-0.1, -0.05) is 30.8 Å². The van der Waals surface area contributed by atoms with Gasteiger partial charge < -0.3 is 9.26 Å². The Morgan fingerprint density at radius 2 is 2.17 bits per heavy atom. The van der Waals surface area contributed by atoms with Crippen LogP contribution in [-0.2, 0) is 36.3 Å². The number of ether oxygens (including phenoxy) is 1. The van der Waals surface area contributed by atoms with E-state index >= 15 is 0 Å². The summed E-state index contributed by atoms with van der Waals surface area (Å²) in [6.07, 6.45) is 6.08. The van der Waals surface area contributed by atoms with Crippen molar-refractivity contribution in [1.82, 2.24) is 19.7 Å². The van der Waals surface area contributed by atoms with Crippen molar-refractivity contribution in [1.29, 1.82) is 0 Å². The van der Waals surface area contributed by atoms with E-state index in [-0.39, 0.29) is 11.7 Å². The molecule has 30 heavy (non-hydrogen) atoms. The molecule has 1 fully saturated rings. The van der Waals surface area contributed by atoms with Crippen LogP contribution in [0.3, 0.4) is 0 Å². The molecule has 2 aliphatic rings. The van der Waals surface area contributed by atoms with E-state index in [1.54, 1.807) is 11.3 Å². The number of fused-ring (bicyclic) bond motifs is 3. The van der Waals surface area contributed by atoms with E-state index in [4.69, 9.17) is 14.2 Å². The number of aryl methyl sites for hydroxylation is 2. The number of thiophene rings is 1. The maximum absolute atomic E-state index is 13.5. The first-order valence-corrected chi connectivity index (χ1v) is 12.5. The first-order valence-electron chi connectivity index (χ1n) is 10.7. The Balaban J connectivity index is 1.46. The van der Waals surface area contributed by atoms with Gasteiger partial charge in [0.15, 0.2) is 11.0 Å². The molecule has 1 aliphatic heterocycles. The van der Waals surface area contributed by atoms with Crippen LogP contribution in [0.1, 0.15) is 55.3 Å². The van der Waals surface area contributed by atoms with Crippen LogP contribution >= 0.6 is 23.1 Å². The molecule has 0 unspecified atom stereocenters. The van der Waals surface area contributed by atoms with E-state index in [0.29, 0.717) is 29.3 Å². The normalized spacial score (nSPS) is 18.7.